The second-order valence-electron chi connectivity index (χ2n) is 5.54. The highest BCUT2D eigenvalue weighted by Crippen LogP contribution is 2.24. The van der Waals surface area contributed by atoms with Gasteiger partial charge >= 0.3 is 11.9 Å². The van der Waals surface area contributed by atoms with E-state index in [0.717, 1.165) is 19.5 Å². The predicted molar refractivity (Wildman–Crippen MR) is 90.9 cm³/mol. The van der Waals surface area contributed by atoms with Crippen LogP contribution in [-0.2, 0) is 29.1 Å². The van der Waals surface area contributed by atoms with Gasteiger partial charge in [-0.15, -0.1) is 0 Å². The van der Waals surface area contributed by atoms with Crippen LogP contribution >= 0.6 is 11.6 Å². The molecule has 0 atom stereocenters. The molecular formula is C18H17ClFNO4. The summed E-state index contributed by atoms with van der Waals surface area (Å²) >= 11 is 6.08. The fourth-order valence-corrected chi connectivity index (χ4v) is 2.82. The van der Waals surface area contributed by atoms with E-state index in [4.69, 9.17) is 31.4 Å². The monoisotopic (exact) mass is 365 g/mol. The summed E-state index contributed by atoms with van der Waals surface area (Å²) in [5.41, 5.74) is 3.34. The molecule has 1 heterocycles. The molecule has 2 aromatic carbocycles. The number of benzene rings is 2. The minimum absolute atomic E-state index is 0.216. The van der Waals surface area contributed by atoms with Crippen molar-refractivity contribution in [3.05, 3.63) is 70.0 Å². The maximum absolute atomic E-state index is 13.8. The molecule has 0 bridgehead atoms. The fourth-order valence-electron chi connectivity index (χ4n) is 2.60. The van der Waals surface area contributed by atoms with Gasteiger partial charge in [0.05, 0.1) is 0 Å². The van der Waals surface area contributed by atoms with Gasteiger partial charge in [0.1, 0.15) is 5.82 Å². The summed E-state index contributed by atoms with van der Waals surface area (Å²) in [6.45, 7) is 2.38. The third kappa shape index (κ3) is 5.27. The minimum atomic E-state index is -1.82. The van der Waals surface area contributed by atoms with Crippen molar-refractivity contribution in [2.75, 3.05) is 6.54 Å². The molecule has 7 heteroatoms. The van der Waals surface area contributed by atoms with Gasteiger partial charge in [-0.25, -0.2) is 14.0 Å². The highest BCUT2D eigenvalue weighted by molar-refractivity contribution is 6.31. The van der Waals surface area contributed by atoms with E-state index in [1.165, 1.54) is 17.2 Å². The quantitative estimate of drug-likeness (QED) is 0.799. The molecule has 0 amide bonds. The number of hydrogen-bond acceptors (Lipinski definition) is 3. The van der Waals surface area contributed by atoms with Gasteiger partial charge in [-0.05, 0) is 29.7 Å². The molecule has 0 unspecified atom stereocenters. The molecule has 0 saturated heterocycles. The molecule has 2 N–H and O–H groups in total. The van der Waals surface area contributed by atoms with Crippen LogP contribution in [0, 0.1) is 5.82 Å². The molecule has 0 saturated carbocycles. The zero-order chi connectivity index (χ0) is 18.4. The Morgan fingerprint density at radius 2 is 1.68 bits per heavy atom. The number of hydrogen-bond donors (Lipinski definition) is 2. The molecule has 132 valence electrons. The van der Waals surface area contributed by atoms with Crippen molar-refractivity contribution in [3.63, 3.8) is 0 Å². The Bertz CT molecular complexity index is 749. The summed E-state index contributed by atoms with van der Waals surface area (Å²) in [7, 11) is 0. The molecule has 5 nitrogen and oxygen atoms in total. The van der Waals surface area contributed by atoms with E-state index in [1.807, 2.05) is 0 Å². The van der Waals surface area contributed by atoms with Crippen LogP contribution in [0.25, 0.3) is 0 Å². The largest absolute Gasteiger partial charge is 0.473 e. The Balaban J connectivity index is 0.000000326. The lowest BCUT2D eigenvalue weighted by Gasteiger charge is -2.29. The van der Waals surface area contributed by atoms with Crippen molar-refractivity contribution >= 4 is 23.5 Å². The first kappa shape index (κ1) is 18.9. The zero-order valence-corrected chi connectivity index (χ0v) is 14.0. The zero-order valence-electron chi connectivity index (χ0n) is 13.3. The average molecular weight is 366 g/mol. The Kier molecular flexibility index (Phi) is 6.50. The van der Waals surface area contributed by atoms with Crippen LogP contribution in [0.3, 0.4) is 0 Å². The second kappa shape index (κ2) is 8.60. The van der Waals surface area contributed by atoms with Crippen LogP contribution in [0.1, 0.15) is 16.7 Å². The van der Waals surface area contributed by atoms with Crippen molar-refractivity contribution in [1.82, 2.24) is 4.90 Å². The van der Waals surface area contributed by atoms with Gasteiger partial charge in [0.2, 0.25) is 0 Å². The first-order chi connectivity index (χ1) is 11.9. The Hall–Kier alpha value is -2.44. The van der Waals surface area contributed by atoms with Gasteiger partial charge in [0.15, 0.2) is 0 Å². The van der Waals surface area contributed by atoms with Crippen LogP contribution in [0.5, 0.6) is 0 Å². The number of fused-ring (bicyclic) bond motifs is 1. The second-order valence-corrected chi connectivity index (χ2v) is 5.95. The molecule has 0 aromatic heterocycles. The van der Waals surface area contributed by atoms with E-state index in [9.17, 15) is 4.39 Å². The third-order valence-corrected chi connectivity index (χ3v) is 4.19. The number of carboxylic acids is 2. The van der Waals surface area contributed by atoms with Crippen molar-refractivity contribution in [3.8, 4) is 0 Å². The molecule has 0 spiro atoms. The topological polar surface area (TPSA) is 77.8 Å². The van der Waals surface area contributed by atoms with Gasteiger partial charge in [0.25, 0.3) is 0 Å². The van der Waals surface area contributed by atoms with Crippen LogP contribution in [0.15, 0.2) is 42.5 Å². The van der Waals surface area contributed by atoms with Gasteiger partial charge in [-0.3, -0.25) is 4.90 Å². The maximum atomic E-state index is 13.8. The molecule has 1 aliphatic heterocycles. The number of carbonyl (C=O) groups is 2. The molecule has 1 aliphatic rings. The van der Waals surface area contributed by atoms with Crippen molar-refractivity contribution < 1.29 is 24.2 Å². The lowest BCUT2D eigenvalue weighted by atomic mass is 9.99. The highest BCUT2D eigenvalue weighted by atomic mass is 35.5. The van der Waals surface area contributed by atoms with E-state index in [1.54, 1.807) is 12.1 Å². The minimum Gasteiger partial charge on any atom is -0.473 e. The SMILES string of the molecule is Fc1cccc(Cl)c1CN1CCc2ccccc2C1.O=C(O)C(=O)O. The summed E-state index contributed by atoms with van der Waals surface area (Å²) in [5.74, 6) is -3.86. The van der Waals surface area contributed by atoms with Gasteiger partial charge in [0, 0.05) is 30.2 Å². The molecule has 25 heavy (non-hydrogen) atoms. The number of carboxylic acid groups (broad SMARTS) is 2. The number of nitrogens with zero attached hydrogens (tertiary/aromatic N) is 1. The number of rotatable bonds is 2. The predicted octanol–water partition coefficient (Wildman–Crippen LogP) is 3.19. The summed E-state index contributed by atoms with van der Waals surface area (Å²) in [6.07, 6.45) is 1.02. The van der Waals surface area contributed by atoms with Crippen molar-refractivity contribution in [2.45, 2.75) is 19.5 Å². The summed E-state index contributed by atoms with van der Waals surface area (Å²) in [4.78, 5) is 20.4. The van der Waals surface area contributed by atoms with Crippen molar-refractivity contribution in [2.24, 2.45) is 0 Å². The summed E-state index contributed by atoms with van der Waals surface area (Å²) < 4.78 is 13.8. The average Bonchev–Trinajstić information content (AvgIpc) is 2.58. The van der Waals surface area contributed by atoms with Gasteiger partial charge in [-0.1, -0.05) is 41.9 Å². The molecule has 0 aliphatic carbocycles. The van der Waals surface area contributed by atoms with E-state index < -0.39 is 11.9 Å². The Morgan fingerprint density at radius 3 is 2.28 bits per heavy atom. The first-order valence-corrected chi connectivity index (χ1v) is 7.94. The molecule has 3 rings (SSSR count). The van der Waals surface area contributed by atoms with Crippen LogP contribution < -0.4 is 0 Å². The normalized spacial score (nSPS) is 13.4. The van der Waals surface area contributed by atoms with E-state index in [2.05, 4.69) is 29.2 Å². The molecular weight excluding hydrogens is 349 g/mol. The van der Waals surface area contributed by atoms with E-state index >= 15 is 0 Å². The molecule has 0 fully saturated rings. The Morgan fingerprint density at radius 1 is 1.04 bits per heavy atom. The van der Waals surface area contributed by atoms with Gasteiger partial charge < -0.3 is 10.2 Å². The lowest BCUT2D eigenvalue weighted by Crippen LogP contribution is -2.30. The molecule has 0 radical (unpaired) electrons. The smallest absolute Gasteiger partial charge is 0.414 e. The summed E-state index contributed by atoms with van der Waals surface area (Å²) in [5, 5.41) is 15.3. The van der Waals surface area contributed by atoms with Crippen LogP contribution in [-0.4, -0.2) is 33.6 Å². The van der Waals surface area contributed by atoms with Crippen LogP contribution in [0.4, 0.5) is 4.39 Å². The fraction of sp³-hybridized carbons (Fsp3) is 0.222. The first-order valence-electron chi connectivity index (χ1n) is 7.56. The van der Waals surface area contributed by atoms with Crippen LogP contribution in [0.2, 0.25) is 5.02 Å². The number of aliphatic carboxylic acids is 2. The highest BCUT2D eigenvalue weighted by Gasteiger charge is 2.18. The van der Waals surface area contributed by atoms with Gasteiger partial charge in [-0.2, -0.15) is 0 Å². The number of halogens is 2. The standard InChI is InChI=1S/C16H15ClFN.C2H2O4/c17-15-6-3-7-16(18)14(15)11-19-9-8-12-4-1-2-5-13(12)10-19;3-1(4)2(5)6/h1-7H,8-11H2;(H,3,4)(H,5,6). The third-order valence-electron chi connectivity index (χ3n) is 3.84. The molecule has 2 aromatic rings. The van der Waals surface area contributed by atoms with E-state index in [-0.39, 0.29) is 5.82 Å². The van der Waals surface area contributed by atoms with E-state index in [0.29, 0.717) is 17.1 Å². The maximum Gasteiger partial charge on any atom is 0.414 e. The Labute approximate surface area is 149 Å². The summed E-state index contributed by atoms with van der Waals surface area (Å²) in [6, 6.07) is 13.3. The lowest BCUT2D eigenvalue weighted by molar-refractivity contribution is -0.159. The van der Waals surface area contributed by atoms with Crippen molar-refractivity contribution in [1.29, 1.82) is 0 Å².